The van der Waals surface area contributed by atoms with Gasteiger partial charge in [0.25, 0.3) is 0 Å². The van der Waals surface area contributed by atoms with Crippen molar-refractivity contribution in [2.75, 3.05) is 5.01 Å². The lowest BCUT2D eigenvalue weighted by atomic mass is 9.98. The first kappa shape index (κ1) is 23.0. The van der Waals surface area contributed by atoms with Gasteiger partial charge < -0.3 is 4.74 Å². The molecular formula is C31H22ClN3O2. The molecule has 2 aliphatic heterocycles. The van der Waals surface area contributed by atoms with E-state index in [0.29, 0.717) is 10.6 Å². The summed E-state index contributed by atoms with van der Waals surface area (Å²) in [6.07, 6.45) is 2.54. The maximum Gasteiger partial charge on any atom is 0.363 e. The van der Waals surface area contributed by atoms with E-state index in [2.05, 4.69) is 46.4 Å². The predicted octanol–water partition coefficient (Wildman–Crippen LogP) is 7.04. The van der Waals surface area contributed by atoms with E-state index in [1.165, 1.54) is 5.56 Å². The molecule has 0 amide bonds. The third kappa shape index (κ3) is 4.82. The van der Waals surface area contributed by atoms with Crippen LogP contribution in [0.2, 0.25) is 5.02 Å². The SMILES string of the molecule is O=C1OC(c2ccc(Cl)cc2)=NC1=Cc1ccc(N2N=C(c3ccccc3)CC2c2ccccc2)cc1. The number of hydrazone groups is 1. The molecule has 2 aliphatic rings. The van der Waals surface area contributed by atoms with E-state index < -0.39 is 5.97 Å². The molecule has 0 saturated heterocycles. The van der Waals surface area contributed by atoms with Crippen LogP contribution >= 0.6 is 11.6 Å². The molecule has 0 bridgehead atoms. The molecular weight excluding hydrogens is 482 g/mol. The first-order chi connectivity index (χ1) is 18.1. The molecule has 1 atom stereocenters. The van der Waals surface area contributed by atoms with Crippen molar-refractivity contribution in [2.24, 2.45) is 10.1 Å². The largest absolute Gasteiger partial charge is 0.402 e. The van der Waals surface area contributed by atoms with Crippen molar-refractivity contribution in [3.8, 4) is 0 Å². The van der Waals surface area contributed by atoms with Gasteiger partial charge in [0.1, 0.15) is 0 Å². The number of nitrogens with zero attached hydrogens (tertiary/aromatic N) is 3. The summed E-state index contributed by atoms with van der Waals surface area (Å²) in [4.78, 5) is 16.8. The first-order valence-electron chi connectivity index (χ1n) is 12.0. The van der Waals surface area contributed by atoms with Crippen molar-refractivity contribution >= 4 is 40.9 Å². The third-order valence-electron chi connectivity index (χ3n) is 6.37. The molecule has 0 aromatic heterocycles. The van der Waals surface area contributed by atoms with Crippen molar-refractivity contribution < 1.29 is 9.53 Å². The normalized spacial score (nSPS) is 18.1. The number of anilines is 1. The quantitative estimate of drug-likeness (QED) is 0.217. The molecule has 0 saturated carbocycles. The van der Waals surface area contributed by atoms with Crippen molar-refractivity contribution in [3.05, 3.63) is 142 Å². The molecule has 6 rings (SSSR count). The molecule has 37 heavy (non-hydrogen) atoms. The lowest BCUT2D eigenvalue weighted by Crippen LogP contribution is -2.18. The summed E-state index contributed by atoms with van der Waals surface area (Å²) >= 11 is 5.96. The van der Waals surface area contributed by atoms with Crippen LogP contribution in [0, 0.1) is 0 Å². The third-order valence-corrected chi connectivity index (χ3v) is 6.63. The summed E-state index contributed by atoms with van der Waals surface area (Å²) in [7, 11) is 0. The van der Waals surface area contributed by atoms with Crippen LogP contribution in [0.1, 0.15) is 34.7 Å². The maximum absolute atomic E-state index is 12.4. The molecule has 2 heterocycles. The zero-order valence-corrected chi connectivity index (χ0v) is 20.5. The second kappa shape index (κ2) is 9.88. The van der Waals surface area contributed by atoms with Gasteiger partial charge in [0.05, 0.1) is 17.4 Å². The van der Waals surface area contributed by atoms with E-state index in [1.807, 2.05) is 48.5 Å². The Morgan fingerprint density at radius 2 is 1.49 bits per heavy atom. The lowest BCUT2D eigenvalue weighted by molar-refractivity contribution is -0.129. The molecule has 6 heteroatoms. The Hall–Kier alpha value is -4.48. The Labute approximate surface area is 220 Å². The fraction of sp³-hybridized carbons (Fsp3) is 0.0645. The lowest BCUT2D eigenvalue weighted by Gasteiger charge is -2.24. The number of halogens is 1. The van der Waals surface area contributed by atoms with Gasteiger partial charge in [0.2, 0.25) is 5.90 Å². The van der Waals surface area contributed by atoms with Gasteiger partial charge in [-0.2, -0.15) is 5.10 Å². The molecule has 0 N–H and O–H groups in total. The van der Waals surface area contributed by atoms with Gasteiger partial charge in [0, 0.05) is 17.0 Å². The average Bonchev–Trinajstić information content (AvgIpc) is 3.55. The van der Waals surface area contributed by atoms with Crippen LogP contribution in [0.4, 0.5) is 5.69 Å². The standard InChI is InChI=1S/C31H22ClN3O2/c32-25-15-13-24(14-16-25)30-33-28(31(36)37-30)19-21-11-17-26(18-12-21)35-29(23-9-5-2-6-10-23)20-27(34-35)22-7-3-1-4-8-22/h1-19,29H,20H2. The van der Waals surface area contributed by atoms with Gasteiger partial charge in [0.15, 0.2) is 5.70 Å². The van der Waals surface area contributed by atoms with Crippen LogP contribution in [-0.4, -0.2) is 17.6 Å². The fourth-order valence-electron chi connectivity index (χ4n) is 4.49. The van der Waals surface area contributed by atoms with Gasteiger partial charge in [-0.1, -0.05) is 84.4 Å². The molecule has 180 valence electrons. The number of benzene rings is 4. The Bertz CT molecular complexity index is 1530. The predicted molar refractivity (Wildman–Crippen MR) is 148 cm³/mol. The highest BCUT2D eigenvalue weighted by atomic mass is 35.5. The van der Waals surface area contributed by atoms with E-state index >= 15 is 0 Å². The number of ether oxygens (including phenoxy) is 1. The molecule has 4 aromatic rings. The Kier molecular flexibility index (Phi) is 6.13. The van der Waals surface area contributed by atoms with E-state index in [1.54, 1.807) is 30.3 Å². The summed E-state index contributed by atoms with van der Waals surface area (Å²) in [5.74, 6) is -0.204. The summed E-state index contributed by atoms with van der Waals surface area (Å²) < 4.78 is 5.37. The Balaban J connectivity index is 1.28. The smallest absolute Gasteiger partial charge is 0.363 e. The number of esters is 1. The Morgan fingerprint density at radius 3 is 2.19 bits per heavy atom. The molecule has 5 nitrogen and oxygen atoms in total. The highest BCUT2D eigenvalue weighted by molar-refractivity contribution is 6.30. The monoisotopic (exact) mass is 503 g/mol. The molecule has 0 radical (unpaired) electrons. The second-order valence-corrected chi connectivity index (χ2v) is 9.26. The first-order valence-corrected chi connectivity index (χ1v) is 12.4. The molecule has 0 spiro atoms. The summed E-state index contributed by atoms with van der Waals surface area (Å²) in [6, 6.07) is 35.8. The summed E-state index contributed by atoms with van der Waals surface area (Å²) in [5.41, 5.74) is 6.16. The van der Waals surface area contributed by atoms with Crippen molar-refractivity contribution in [2.45, 2.75) is 12.5 Å². The van der Waals surface area contributed by atoms with Crippen LogP contribution in [0.15, 0.2) is 125 Å². The minimum absolute atomic E-state index is 0.0944. The van der Waals surface area contributed by atoms with Gasteiger partial charge in [-0.15, -0.1) is 0 Å². The van der Waals surface area contributed by atoms with E-state index in [4.69, 9.17) is 21.4 Å². The van der Waals surface area contributed by atoms with Crippen LogP contribution in [0.25, 0.3) is 6.08 Å². The minimum atomic E-state index is -0.477. The van der Waals surface area contributed by atoms with Crippen molar-refractivity contribution in [3.63, 3.8) is 0 Å². The molecule has 4 aromatic carbocycles. The van der Waals surface area contributed by atoms with E-state index in [-0.39, 0.29) is 17.6 Å². The van der Waals surface area contributed by atoms with Gasteiger partial charge in [-0.3, -0.25) is 5.01 Å². The van der Waals surface area contributed by atoms with Crippen LogP contribution in [-0.2, 0) is 9.53 Å². The van der Waals surface area contributed by atoms with Crippen LogP contribution in [0.5, 0.6) is 0 Å². The minimum Gasteiger partial charge on any atom is -0.402 e. The topological polar surface area (TPSA) is 54.3 Å². The maximum atomic E-state index is 12.4. The van der Waals surface area contributed by atoms with Crippen molar-refractivity contribution in [1.82, 2.24) is 0 Å². The second-order valence-electron chi connectivity index (χ2n) is 8.82. The number of carbonyl (C=O) groups is 1. The number of cyclic esters (lactones) is 1. The van der Waals surface area contributed by atoms with Gasteiger partial charge >= 0.3 is 5.97 Å². The number of aliphatic imine (C=N–C) groups is 1. The number of hydrogen-bond donors (Lipinski definition) is 0. The van der Waals surface area contributed by atoms with Gasteiger partial charge in [-0.05, 0) is 59.2 Å². The highest BCUT2D eigenvalue weighted by Gasteiger charge is 2.30. The number of carbonyl (C=O) groups excluding carboxylic acids is 1. The molecule has 1 unspecified atom stereocenters. The number of hydrogen-bond acceptors (Lipinski definition) is 5. The molecule has 0 aliphatic carbocycles. The van der Waals surface area contributed by atoms with Crippen LogP contribution < -0.4 is 5.01 Å². The zero-order valence-electron chi connectivity index (χ0n) is 19.8. The summed E-state index contributed by atoms with van der Waals surface area (Å²) in [5, 5.41) is 7.70. The van der Waals surface area contributed by atoms with E-state index in [0.717, 1.165) is 28.9 Å². The van der Waals surface area contributed by atoms with Crippen molar-refractivity contribution in [1.29, 1.82) is 0 Å². The number of rotatable bonds is 5. The van der Waals surface area contributed by atoms with Crippen LogP contribution in [0.3, 0.4) is 0 Å². The van der Waals surface area contributed by atoms with E-state index in [9.17, 15) is 4.79 Å². The molecule has 0 fully saturated rings. The fourth-order valence-corrected chi connectivity index (χ4v) is 4.62. The average molecular weight is 504 g/mol. The zero-order chi connectivity index (χ0) is 25.2. The Morgan fingerprint density at radius 1 is 0.811 bits per heavy atom. The highest BCUT2D eigenvalue weighted by Crippen LogP contribution is 2.37. The summed E-state index contributed by atoms with van der Waals surface area (Å²) in [6.45, 7) is 0. The van der Waals surface area contributed by atoms with Gasteiger partial charge in [-0.25, -0.2) is 9.79 Å².